The van der Waals surface area contributed by atoms with E-state index in [1.807, 2.05) is 37.3 Å². The molecule has 2 aromatic rings. The van der Waals surface area contributed by atoms with Crippen LogP contribution < -0.4 is 10.1 Å². The van der Waals surface area contributed by atoms with E-state index < -0.39 is 0 Å². The molecule has 23 heavy (non-hydrogen) atoms. The molecule has 0 fully saturated rings. The maximum Gasteiger partial charge on any atom is 0.237 e. The second kappa shape index (κ2) is 7.09. The molecule has 1 amide bonds. The number of carbonyl (C=O) groups excluding carboxylic acids is 1. The van der Waals surface area contributed by atoms with Crippen molar-refractivity contribution >= 4 is 23.4 Å². The highest BCUT2D eigenvalue weighted by atomic mass is 32.2. The summed E-state index contributed by atoms with van der Waals surface area (Å²) in [6.45, 7) is 1.93. The lowest BCUT2D eigenvalue weighted by Crippen LogP contribution is -2.22. The second-order valence-electron chi connectivity index (χ2n) is 5.76. The highest BCUT2D eigenvalue weighted by Gasteiger charge is 2.16. The summed E-state index contributed by atoms with van der Waals surface area (Å²) in [4.78, 5) is 13.4. The minimum absolute atomic E-state index is 0.0313. The van der Waals surface area contributed by atoms with Crippen LogP contribution in [0.4, 0.5) is 5.69 Å². The van der Waals surface area contributed by atoms with E-state index in [4.69, 9.17) is 4.74 Å². The molecule has 120 valence electrons. The SMILES string of the molecule is COc1ccc(S[C@H](C)C(=O)Nc2ccc3c(c2)CCC3)cc1. The fourth-order valence-corrected chi connectivity index (χ4v) is 3.67. The quantitative estimate of drug-likeness (QED) is 0.832. The summed E-state index contributed by atoms with van der Waals surface area (Å²) in [7, 11) is 1.65. The zero-order chi connectivity index (χ0) is 16.2. The minimum atomic E-state index is -0.156. The van der Waals surface area contributed by atoms with Gasteiger partial charge in [0.15, 0.2) is 0 Å². The average molecular weight is 327 g/mol. The topological polar surface area (TPSA) is 38.3 Å². The van der Waals surface area contributed by atoms with Gasteiger partial charge in [0.2, 0.25) is 5.91 Å². The van der Waals surface area contributed by atoms with E-state index in [0.717, 1.165) is 29.2 Å². The molecule has 1 atom stereocenters. The molecule has 3 rings (SSSR count). The van der Waals surface area contributed by atoms with Crippen molar-refractivity contribution in [3.05, 3.63) is 53.6 Å². The third-order valence-corrected chi connectivity index (χ3v) is 5.22. The summed E-state index contributed by atoms with van der Waals surface area (Å²) < 4.78 is 5.15. The highest BCUT2D eigenvalue weighted by molar-refractivity contribution is 8.00. The number of anilines is 1. The first kappa shape index (κ1) is 15.9. The van der Waals surface area contributed by atoms with E-state index in [0.29, 0.717) is 0 Å². The van der Waals surface area contributed by atoms with Crippen molar-refractivity contribution in [1.29, 1.82) is 0 Å². The van der Waals surface area contributed by atoms with E-state index >= 15 is 0 Å². The molecule has 0 aliphatic heterocycles. The van der Waals surface area contributed by atoms with Crippen LogP contribution in [0.3, 0.4) is 0 Å². The third-order valence-electron chi connectivity index (χ3n) is 4.11. The predicted molar refractivity (Wildman–Crippen MR) is 95.4 cm³/mol. The third kappa shape index (κ3) is 3.88. The number of nitrogens with one attached hydrogen (secondary N) is 1. The minimum Gasteiger partial charge on any atom is -0.497 e. The van der Waals surface area contributed by atoms with E-state index in [1.54, 1.807) is 18.9 Å². The molecule has 0 saturated heterocycles. The average Bonchev–Trinajstić information content (AvgIpc) is 3.03. The van der Waals surface area contributed by atoms with Gasteiger partial charge < -0.3 is 10.1 Å². The van der Waals surface area contributed by atoms with E-state index in [-0.39, 0.29) is 11.2 Å². The Morgan fingerprint density at radius 2 is 1.87 bits per heavy atom. The number of amides is 1. The Morgan fingerprint density at radius 3 is 2.61 bits per heavy atom. The van der Waals surface area contributed by atoms with Crippen LogP contribution in [0.15, 0.2) is 47.4 Å². The number of ether oxygens (including phenoxy) is 1. The molecule has 1 aliphatic carbocycles. The first-order valence-corrected chi connectivity index (χ1v) is 8.77. The Bertz CT molecular complexity index is 697. The number of rotatable bonds is 5. The first-order chi connectivity index (χ1) is 11.2. The van der Waals surface area contributed by atoms with Crippen LogP contribution in [0.1, 0.15) is 24.5 Å². The number of carbonyl (C=O) groups is 1. The zero-order valence-electron chi connectivity index (χ0n) is 13.5. The number of benzene rings is 2. The van der Waals surface area contributed by atoms with Crippen molar-refractivity contribution in [1.82, 2.24) is 0 Å². The van der Waals surface area contributed by atoms with Crippen LogP contribution in [0, 0.1) is 0 Å². The summed E-state index contributed by atoms with van der Waals surface area (Å²) in [6.07, 6.45) is 3.50. The Hall–Kier alpha value is -1.94. The number of hydrogen-bond donors (Lipinski definition) is 1. The smallest absolute Gasteiger partial charge is 0.237 e. The molecule has 0 bridgehead atoms. The largest absolute Gasteiger partial charge is 0.497 e. The van der Waals surface area contributed by atoms with E-state index in [2.05, 4.69) is 17.4 Å². The number of methoxy groups -OCH3 is 1. The summed E-state index contributed by atoms with van der Waals surface area (Å²) in [6, 6.07) is 14.0. The number of hydrogen-bond acceptors (Lipinski definition) is 3. The van der Waals surface area contributed by atoms with Crippen LogP contribution >= 0.6 is 11.8 Å². The summed E-state index contributed by atoms with van der Waals surface area (Å²) in [5.74, 6) is 0.855. The molecule has 3 nitrogen and oxygen atoms in total. The summed E-state index contributed by atoms with van der Waals surface area (Å²) in [5.41, 5.74) is 3.69. The Balaban J connectivity index is 1.60. The van der Waals surface area contributed by atoms with Crippen molar-refractivity contribution in [3.8, 4) is 5.75 Å². The Labute approximate surface area is 141 Å². The second-order valence-corrected chi connectivity index (χ2v) is 7.18. The molecule has 0 radical (unpaired) electrons. The van der Waals surface area contributed by atoms with Crippen LogP contribution in [0.2, 0.25) is 0 Å². The molecular formula is C19H21NO2S. The van der Waals surface area contributed by atoms with Crippen molar-refractivity contribution in [2.24, 2.45) is 0 Å². The standard InChI is InChI=1S/C19H21NO2S/c1-13(23-18-10-8-17(22-2)9-11-18)19(21)20-16-7-6-14-4-3-5-15(14)12-16/h6-13H,3-5H2,1-2H3,(H,20,21)/t13-/m1/s1. The maximum atomic E-state index is 12.4. The van der Waals surface area contributed by atoms with Crippen molar-refractivity contribution < 1.29 is 9.53 Å². The van der Waals surface area contributed by atoms with Gasteiger partial charge in [-0.15, -0.1) is 11.8 Å². The van der Waals surface area contributed by atoms with Gasteiger partial charge in [-0.2, -0.15) is 0 Å². The van der Waals surface area contributed by atoms with Gasteiger partial charge in [-0.3, -0.25) is 4.79 Å². The van der Waals surface area contributed by atoms with E-state index in [9.17, 15) is 4.79 Å². The zero-order valence-corrected chi connectivity index (χ0v) is 14.3. The Kier molecular flexibility index (Phi) is 4.91. The molecule has 0 unspecified atom stereocenters. The number of thioether (sulfide) groups is 1. The van der Waals surface area contributed by atoms with Gasteiger partial charge in [0.1, 0.15) is 5.75 Å². The van der Waals surface area contributed by atoms with Crippen LogP contribution in [-0.2, 0) is 17.6 Å². The van der Waals surface area contributed by atoms with Gasteiger partial charge in [-0.25, -0.2) is 0 Å². The molecule has 0 saturated carbocycles. The lowest BCUT2D eigenvalue weighted by atomic mass is 10.1. The van der Waals surface area contributed by atoms with Gasteiger partial charge >= 0.3 is 0 Å². The van der Waals surface area contributed by atoms with Crippen molar-refractivity contribution in [2.75, 3.05) is 12.4 Å². The molecule has 2 aromatic carbocycles. The molecule has 1 N–H and O–H groups in total. The molecule has 1 aliphatic rings. The van der Waals surface area contributed by atoms with Crippen LogP contribution in [0.5, 0.6) is 5.75 Å². The van der Waals surface area contributed by atoms with Gasteiger partial charge in [-0.05, 0) is 73.7 Å². The first-order valence-electron chi connectivity index (χ1n) is 7.89. The normalized spacial score (nSPS) is 14.2. The monoisotopic (exact) mass is 327 g/mol. The molecule has 4 heteroatoms. The van der Waals surface area contributed by atoms with E-state index in [1.165, 1.54) is 17.5 Å². The molecule has 0 spiro atoms. The van der Waals surface area contributed by atoms with Crippen molar-refractivity contribution in [3.63, 3.8) is 0 Å². The lowest BCUT2D eigenvalue weighted by molar-refractivity contribution is -0.115. The fourth-order valence-electron chi connectivity index (χ4n) is 2.81. The van der Waals surface area contributed by atoms with Crippen LogP contribution in [0.25, 0.3) is 0 Å². The molecule has 0 heterocycles. The highest BCUT2D eigenvalue weighted by Crippen LogP contribution is 2.28. The summed E-state index contributed by atoms with van der Waals surface area (Å²) in [5, 5.41) is 2.87. The maximum absolute atomic E-state index is 12.4. The summed E-state index contributed by atoms with van der Waals surface area (Å²) >= 11 is 1.55. The van der Waals surface area contributed by atoms with Crippen molar-refractivity contribution in [2.45, 2.75) is 36.3 Å². The number of fused-ring (bicyclic) bond motifs is 1. The number of aryl methyl sites for hydroxylation is 2. The fraction of sp³-hybridized carbons (Fsp3) is 0.316. The van der Waals surface area contributed by atoms with Gasteiger partial charge in [-0.1, -0.05) is 6.07 Å². The van der Waals surface area contributed by atoms with Gasteiger partial charge in [0.25, 0.3) is 0 Å². The lowest BCUT2D eigenvalue weighted by Gasteiger charge is -2.13. The van der Waals surface area contributed by atoms with Gasteiger partial charge in [0.05, 0.1) is 12.4 Å². The predicted octanol–water partition coefficient (Wildman–Crippen LogP) is 4.30. The molecular weight excluding hydrogens is 306 g/mol. The molecule has 0 aromatic heterocycles. The van der Waals surface area contributed by atoms with Crippen LogP contribution in [-0.4, -0.2) is 18.3 Å². The van der Waals surface area contributed by atoms with Gasteiger partial charge in [0, 0.05) is 10.6 Å². The Morgan fingerprint density at radius 1 is 1.13 bits per heavy atom.